The summed E-state index contributed by atoms with van der Waals surface area (Å²) in [5, 5.41) is 15.1. The van der Waals surface area contributed by atoms with Gasteiger partial charge in [0.1, 0.15) is 5.75 Å². The predicted molar refractivity (Wildman–Crippen MR) is 103 cm³/mol. The third kappa shape index (κ3) is 4.90. The summed E-state index contributed by atoms with van der Waals surface area (Å²) in [4.78, 5) is 27.7. The Morgan fingerprint density at radius 2 is 2.22 bits per heavy atom. The van der Waals surface area contributed by atoms with Crippen LogP contribution in [0.5, 0.6) is 5.75 Å². The number of nitrogens with one attached hydrogen (secondary N) is 2. The van der Waals surface area contributed by atoms with Crippen LogP contribution in [0, 0.1) is 0 Å². The topological polar surface area (TPSA) is 94.1 Å². The number of likely N-dealkylation sites (tertiary alicyclic amines) is 1. The smallest absolute Gasteiger partial charge is 0.319 e. The minimum absolute atomic E-state index is 0.0327. The Morgan fingerprint density at radius 3 is 3.04 bits per heavy atom. The Morgan fingerprint density at radius 1 is 1.37 bits per heavy atom. The van der Waals surface area contributed by atoms with Gasteiger partial charge >= 0.3 is 6.03 Å². The number of likely N-dealkylation sites (N-methyl/N-ethyl adjacent to an activating group) is 1. The summed E-state index contributed by atoms with van der Waals surface area (Å²) < 4.78 is 5.38. The molecule has 0 aliphatic carbocycles. The molecule has 0 unspecified atom stereocenters. The Kier molecular flexibility index (Phi) is 6.52. The maximum absolute atomic E-state index is 12.1. The second-order valence-electron chi connectivity index (χ2n) is 7.03. The number of aliphatic hydroxyl groups excluding tert-OH is 1. The Balaban J connectivity index is 1.44. The normalized spacial score (nSPS) is 20.0. The quantitative estimate of drug-likeness (QED) is 0.653. The molecule has 2 heterocycles. The number of hydrogen-bond acceptors (Lipinski definition) is 5. The zero-order valence-electron chi connectivity index (χ0n) is 15.7. The van der Waals surface area contributed by atoms with Crippen LogP contribution in [0.25, 0.3) is 0 Å². The van der Waals surface area contributed by atoms with Gasteiger partial charge in [0.05, 0.1) is 12.3 Å². The average Bonchev–Trinajstić information content (AvgIpc) is 2.69. The predicted octanol–water partition coefficient (Wildman–Crippen LogP) is 1.40. The molecule has 27 heavy (non-hydrogen) atoms. The van der Waals surface area contributed by atoms with Crippen LogP contribution in [0.3, 0.4) is 0 Å². The van der Waals surface area contributed by atoms with Gasteiger partial charge in [-0.05, 0) is 44.0 Å². The van der Waals surface area contributed by atoms with Crippen LogP contribution >= 0.6 is 0 Å². The third-order valence-corrected chi connectivity index (χ3v) is 5.17. The van der Waals surface area contributed by atoms with Gasteiger partial charge < -0.3 is 25.4 Å². The summed E-state index contributed by atoms with van der Waals surface area (Å²) in [6.45, 7) is 2.68. The van der Waals surface area contributed by atoms with Gasteiger partial charge in [0.2, 0.25) is 0 Å². The molecule has 0 saturated carbocycles. The number of hydrogen-bond donors (Lipinski definition) is 3. The Bertz CT molecular complexity index is 682. The van der Waals surface area contributed by atoms with E-state index in [4.69, 9.17) is 4.74 Å². The van der Waals surface area contributed by atoms with Crippen LogP contribution in [0.4, 0.5) is 16.2 Å². The van der Waals surface area contributed by atoms with E-state index >= 15 is 0 Å². The largest absolute Gasteiger partial charge is 0.482 e. The first kappa shape index (κ1) is 19.4. The number of ether oxygens (including phenoxy) is 1. The van der Waals surface area contributed by atoms with Crippen LogP contribution in [-0.2, 0) is 4.79 Å². The highest BCUT2D eigenvalue weighted by Gasteiger charge is 2.23. The van der Waals surface area contributed by atoms with E-state index < -0.39 is 0 Å². The number of nitrogens with zero attached hydrogens (tertiary/aromatic N) is 2. The van der Waals surface area contributed by atoms with Gasteiger partial charge in [-0.3, -0.25) is 9.69 Å². The number of piperidine rings is 1. The van der Waals surface area contributed by atoms with Crippen molar-refractivity contribution in [1.82, 2.24) is 10.2 Å². The van der Waals surface area contributed by atoms with Crippen LogP contribution in [0.15, 0.2) is 18.2 Å². The van der Waals surface area contributed by atoms with Crippen molar-refractivity contribution < 1.29 is 19.4 Å². The fourth-order valence-corrected chi connectivity index (χ4v) is 3.57. The van der Waals surface area contributed by atoms with E-state index in [0.717, 1.165) is 25.9 Å². The summed E-state index contributed by atoms with van der Waals surface area (Å²) in [5.41, 5.74) is 1.25. The lowest BCUT2D eigenvalue weighted by molar-refractivity contribution is -0.120. The number of carbonyl (C=O) groups is 2. The molecule has 0 aromatic heterocycles. The highest BCUT2D eigenvalue weighted by atomic mass is 16.5. The van der Waals surface area contributed by atoms with Gasteiger partial charge in [0, 0.05) is 31.9 Å². The molecule has 2 aliphatic rings. The first-order valence-corrected chi connectivity index (χ1v) is 9.51. The summed E-state index contributed by atoms with van der Waals surface area (Å²) in [6.07, 6.45) is 4.22. The van der Waals surface area contributed by atoms with E-state index in [0.29, 0.717) is 23.7 Å². The van der Waals surface area contributed by atoms with Crippen molar-refractivity contribution in [2.45, 2.75) is 31.7 Å². The lowest BCUT2D eigenvalue weighted by Crippen LogP contribution is -2.43. The molecule has 148 valence electrons. The standard InChI is InChI=1S/C19H28N4O4/c1-22-16-11-14(6-7-17(16)27-13-18(22)25)21-19(26)20-8-4-10-23-9-3-2-5-15(23)12-24/h6-7,11,15,24H,2-5,8-10,12-13H2,1H3,(H2,20,21,26)/t15-/m1/s1. The van der Waals surface area contributed by atoms with Gasteiger partial charge in [-0.1, -0.05) is 6.42 Å². The van der Waals surface area contributed by atoms with E-state index in [1.165, 1.54) is 17.7 Å². The number of fused-ring (bicyclic) bond motifs is 1. The van der Waals surface area contributed by atoms with E-state index in [9.17, 15) is 14.7 Å². The number of amides is 3. The second kappa shape index (κ2) is 9.05. The number of carbonyl (C=O) groups excluding carboxylic acids is 2. The molecule has 8 nitrogen and oxygen atoms in total. The van der Waals surface area contributed by atoms with Crippen molar-refractivity contribution in [3.63, 3.8) is 0 Å². The molecule has 1 atom stereocenters. The lowest BCUT2D eigenvalue weighted by atomic mass is 10.0. The van der Waals surface area contributed by atoms with Gasteiger partial charge in [0.25, 0.3) is 5.91 Å². The van der Waals surface area contributed by atoms with Crippen molar-refractivity contribution in [1.29, 1.82) is 0 Å². The summed E-state index contributed by atoms with van der Waals surface area (Å²) >= 11 is 0. The number of rotatable bonds is 6. The van der Waals surface area contributed by atoms with Crippen LogP contribution < -0.4 is 20.3 Å². The highest BCUT2D eigenvalue weighted by Crippen LogP contribution is 2.33. The summed E-state index contributed by atoms with van der Waals surface area (Å²) in [5.74, 6) is 0.506. The number of benzene rings is 1. The van der Waals surface area contributed by atoms with Gasteiger partial charge in [-0.15, -0.1) is 0 Å². The molecule has 0 radical (unpaired) electrons. The van der Waals surface area contributed by atoms with E-state index in [1.54, 1.807) is 25.2 Å². The fourth-order valence-electron chi connectivity index (χ4n) is 3.57. The molecule has 1 fully saturated rings. The molecular weight excluding hydrogens is 348 g/mol. The summed E-state index contributed by atoms with van der Waals surface area (Å²) in [7, 11) is 1.69. The van der Waals surface area contributed by atoms with Gasteiger partial charge in [-0.2, -0.15) is 0 Å². The molecule has 1 aromatic rings. The average molecular weight is 376 g/mol. The van der Waals surface area contributed by atoms with Crippen LogP contribution in [0.1, 0.15) is 25.7 Å². The monoisotopic (exact) mass is 376 g/mol. The number of urea groups is 1. The Hall–Kier alpha value is -2.32. The molecule has 0 spiro atoms. The lowest BCUT2D eigenvalue weighted by Gasteiger charge is -2.34. The van der Waals surface area contributed by atoms with Gasteiger partial charge in [0.15, 0.2) is 6.61 Å². The van der Waals surface area contributed by atoms with Crippen molar-refractivity contribution in [2.75, 3.05) is 50.1 Å². The summed E-state index contributed by atoms with van der Waals surface area (Å²) in [6, 6.07) is 5.20. The van der Waals surface area contributed by atoms with Crippen LogP contribution in [-0.4, -0.2) is 67.9 Å². The highest BCUT2D eigenvalue weighted by molar-refractivity contribution is 5.99. The van der Waals surface area contributed by atoms with E-state index in [2.05, 4.69) is 15.5 Å². The zero-order valence-corrected chi connectivity index (χ0v) is 15.7. The first-order chi connectivity index (χ1) is 13.1. The SMILES string of the molecule is CN1C(=O)COc2ccc(NC(=O)NCCCN3CCCC[C@@H]3CO)cc21. The van der Waals surface area contributed by atoms with E-state index in [-0.39, 0.29) is 31.2 Å². The van der Waals surface area contributed by atoms with Crippen molar-refractivity contribution in [3.05, 3.63) is 18.2 Å². The minimum Gasteiger partial charge on any atom is -0.482 e. The molecule has 8 heteroatoms. The molecule has 3 N–H and O–H groups in total. The number of aliphatic hydroxyl groups is 1. The van der Waals surface area contributed by atoms with Crippen molar-refractivity contribution >= 4 is 23.3 Å². The van der Waals surface area contributed by atoms with Crippen molar-refractivity contribution in [3.8, 4) is 5.75 Å². The second-order valence-corrected chi connectivity index (χ2v) is 7.03. The molecule has 0 bridgehead atoms. The maximum Gasteiger partial charge on any atom is 0.319 e. The van der Waals surface area contributed by atoms with Crippen molar-refractivity contribution in [2.24, 2.45) is 0 Å². The third-order valence-electron chi connectivity index (χ3n) is 5.17. The molecule has 2 aliphatic heterocycles. The zero-order chi connectivity index (χ0) is 19.2. The molecule has 3 rings (SSSR count). The Labute approximate surface area is 159 Å². The maximum atomic E-state index is 12.1. The first-order valence-electron chi connectivity index (χ1n) is 9.51. The minimum atomic E-state index is -0.280. The molecule has 3 amide bonds. The molecular formula is C19H28N4O4. The van der Waals surface area contributed by atoms with E-state index in [1.807, 2.05) is 0 Å². The fraction of sp³-hybridized carbons (Fsp3) is 0.579. The molecule has 1 saturated heterocycles. The van der Waals surface area contributed by atoms with Crippen LogP contribution in [0.2, 0.25) is 0 Å². The van der Waals surface area contributed by atoms with Gasteiger partial charge in [-0.25, -0.2) is 4.79 Å². The number of anilines is 2. The molecule has 1 aromatic carbocycles.